The number of hydrogen-bond donors (Lipinski definition) is 1. The highest BCUT2D eigenvalue weighted by atomic mass is 35.5. The molecule has 0 aliphatic rings. The van der Waals surface area contributed by atoms with Gasteiger partial charge in [-0.25, -0.2) is 0 Å². The summed E-state index contributed by atoms with van der Waals surface area (Å²) in [6, 6.07) is 5.50. The maximum absolute atomic E-state index is 6.14. The monoisotopic (exact) mass is 275 g/mol. The van der Waals surface area contributed by atoms with Gasteiger partial charge in [-0.05, 0) is 30.5 Å². The first-order chi connectivity index (χ1) is 8.00. The average molecular weight is 276 g/mol. The summed E-state index contributed by atoms with van der Waals surface area (Å²) in [5, 5.41) is 1.11. The minimum atomic E-state index is -0.226. The van der Waals surface area contributed by atoms with Crippen molar-refractivity contribution in [3.05, 3.63) is 33.8 Å². The minimum absolute atomic E-state index is 0.226. The van der Waals surface area contributed by atoms with E-state index in [0.29, 0.717) is 23.3 Å². The molecule has 1 aromatic carbocycles. The summed E-state index contributed by atoms with van der Waals surface area (Å²) in [5.74, 6) is 0. The highest BCUT2D eigenvalue weighted by Crippen LogP contribution is 2.23. The molecule has 0 unspecified atom stereocenters. The van der Waals surface area contributed by atoms with Crippen LogP contribution in [0.1, 0.15) is 32.3 Å². The lowest BCUT2D eigenvalue weighted by molar-refractivity contribution is 0.0696. The van der Waals surface area contributed by atoms with E-state index < -0.39 is 0 Å². The molecule has 0 aliphatic heterocycles. The van der Waals surface area contributed by atoms with Crippen molar-refractivity contribution in [3.63, 3.8) is 0 Å². The van der Waals surface area contributed by atoms with E-state index in [-0.39, 0.29) is 5.54 Å². The van der Waals surface area contributed by atoms with Crippen LogP contribution in [0.4, 0.5) is 0 Å². The Morgan fingerprint density at radius 3 is 2.35 bits per heavy atom. The molecule has 0 bridgehead atoms. The van der Waals surface area contributed by atoms with E-state index in [0.717, 1.165) is 18.4 Å². The second-order valence-electron chi connectivity index (χ2n) is 4.31. The van der Waals surface area contributed by atoms with Gasteiger partial charge >= 0.3 is 0 Å². The zero-order valence-electron chi connectivity index (χ0n) is 10.3. The van der Waals surface area contributed by atoms with E-state index in [1.165, 1.54) is 0 Å². The lowest BCUT2D eigenvalue weighted by Gasteiger charge is -2.26. The van der Waals surface area contributed by atoms with Gasteiger partial charge in [-0.15, -0.1) is 0 Å². The van der Waals surface area contributed by atoms with Gasteiger partial charge in [0.05, 0.1) is 23.3 Å². The lowest BCUT2D eigenvalue weighted by Crippen LogP contribution is -2.43. The van der Waals surface area contributed by atoms with Crippen LogP contribution in [0.5, 0.6) is 0 Å². The molecular weight excluding hydrogens is 257 g/mol. The lowest BCUT2D eigenvalue weighted by atomic mass is 9.96. The molecule has 17 heavy (non-hydrogen) atoms. The molecule has 1 rings (SSSR count). The van der Waals surface area contributed by atoms with E-state index in [9.17, 15) is 0 Å². The first-order valence-corrected chi connectivity index (χ1v) is 6.57. The quantitative estimate of drug-likeness (QED) is 0.851. The number of nitrogens with two attached hydrogens (primary N) is 1. The highest BCUT2D eigenvalue weighted by Gasteiger charge is 2.20. The fraction of sp³-hybridized carbons (Fsp3) is 0.538. The number of hydrogen-bond acceptors (Lipinski definition) is 2. The molecule has 96 valence electrons. The molecule has 0 heterocycles. The van der Waals surface area contributed by atoms with Crippen LogP contribution in [0.25, 0.3) is 0 Å². The van der Waals surface area contributed by atoms with Crippen LogP contribution < -0.4 is 5.73 Å². The average Bonchev–Trinajstić information content (AvgIpc) is 2.33. The van der Waals surface area contributed by atoms with Crippen molar-refractivity contribution < 1.29 is 4.74 Å². The predicted octanol–water partition coefficient (Wildman–Crippen LogP) is 4.03. The van der Waals surface area contributed by atoms with E-state index in [4.69, 9.17) is 33.7 Å². The van der Waals surface area contributed by atoms with Crippen molar-refractivity contribution in [2.24, 2.45) is 5.73 Å². The Balaban J connectivity index is 2.48. The molecule has 4 heteroatoms. The Kier molecular flexibility index (Phi) is 5.74. The maximum Gasteiger partial charge on any atom is 0.0718 e. The highest BCUT2D eigenvalue weighted by molar-refractivity contribution is 6.41. The summed E-state index contributed by atoms with van der Waals surface area (Å²) >= 11 is 11.8. The molecule has 0 atom stereocenters. The molecule has 0 spiro atoms. The third-order valence-corrected chi connectivity index (χ3v) is 3.79. The van der Waals surface area contributed by atoms with Gasteiger partial charge in [0.2, 0.25) is 0 Å². The smallest absolute Gasteiger partial charge is 0.0718 e. The molecule has 0 aliphatic carbocycles. The normalized spacial score (nSPS) is 11.8. The van der Waals surface area contributed by atoms with Crippen molar-refractivity contribution >= 4 is 23.2 Å². The van der Waals surface area contributed by atoms with E-state index in [1.54, 1.807) is 6.07 Å². The van der Waals surface area contributed by atoms with Crippen LogP contribution in [-0.4, -0.2) is 12.1 Å². The minimum Gasteiger partial charge on any atom is -0.375 e. The van der Waals surface area contributed by atoms with Gasteiger partial charge in [0.25, 0.3) is 0 Å². The second kappa shape index (κ2) is 6.60. The van der Waals surface area contributed by atoms with E-state index in [2.05, 4.69) is 13.8 Å². The van der Waals surface area contributed by atoms with Gasteiger partial charge in [-0.1, -0.05) is 43.1 Å². The van der Waals surface area contributed by atoms with E-state index in [1.807, 2.05) is 12.1 Å². The SMILES string of the molecule is CCC(N)(CC)COCc1ccc(Cl)c(Cl)c1. The molecule has 0 radical (unpaired) electrons. The topological polar surface area (TPSA) is 35.2 Å². The van der Waals surface area contributed by atoms with Gasteiger partial charge in [0, 0.05) is 5.54 Å². The van der Waals surface area contributed by atoms with Gasteiger partial charge in [-0.3, -0.25) is 0 Å². The van der Waals surface area contributed by atoms with Gasteiger partial charge in [0.15, 0.2) is 0 Å². The summed E-state index contributed by atoms with van der Waals surface area (Å²) in [6.07, 6.45) is 1.82. The fourth-order valence-corrected chi connectivity index (χ4v) is 1.78. The van der Waals surface area contributed by atoms with E-state index >= 15 is 0 Å². The molecule has 2 nitrogen and oxygen atoms in total. The summed E-state index contributed by atoms with van der Waals surface area (Å²) in [7, 11) is 0. The van der Waals surface area contributed by atoms with Crippen molar-refractivity contribution in [2.45, 2.75) is 38.8 Å². The maximum atomic E-state index is 6.14. The van der Waals surface area contributed by atoms with Crippen molar-refractivity contribution in [1.29, 1.82) is 0 Å². The fourth-order valence-electron chi connectivity index (χ4n) is 1.46. The first-order valence-electron chi connectivity index (χ1n) is 5.81. The Labute approximate surface area is 113 Å². The molecule has 0 aromatic heterocycles. The first kappa shape index (κ1) is 14.8. The predicted molar refractivity (Wildman–Crippen MR) is 73.6 cm³/mol. The molecule has 2 N–H and O–H groups in total. The summed E-state index contributed by atoms with van der Waals surface area (Å²) in [6.45, 7) is 5.22. The van der Waals surface area contributed by atoms with Crippen LogP contribution >= 0.6 is 23.2 Å². The molecule has 1 aromatic rings. The number of rotatable bonds is 6. The zero-order chi connectivity index (χ0) is 12.9. The summed E-state index contributed by atoms with van der Waals surface area (Å²) in [5.41, 5.74) is 6.92. The van der Waals surface area contributed by atoms with Crippen molar-refractivity contribution in [1.82, 2.24) is 0 Å². The van der Waals surface area contributed by atoms with Crippen LogP contribution in [-0.2, 0) is 11.3 Å². The molecule has 0 saturated heterocycles. The summed E-state index contributed by atoms with van der Waals surface area (Å²) in [4.78, 5) is 0. The molecule has 0 amide bonds. The van der Waals surface area contributed by atoms with Gasteiger partial charge in [0.1, 0.15) is 0 Å². The molecule has 0 saturated carbocycles. The largest absolute Gasteiger partial charge is 0.375 e. The Bertz CT molecular complexity index is 364. The number of ether oxygens (including phenoxy) is 1. The standard InChI is InChI=1S/C13H19Cl2NO/c1-3-13(16,4-2)9-17-8-10-5-6-11(14)12(15)7-10/h5-7H,3-4,8-9,16H2,1-2H3. The van der Waals surface area contributed by atoms with Crippen LogP contribution in [0.2, 0.25) is 10.0 Å². The Hall–Kier alpha value is -0.280. The van der Waals surface area contributed by atoms with Gasteiger partial charge < -0.3 is 10.5 Å². The van der Waals surface area contributed by atoms with Crippen molar-refractivity contribution in [2.75, 3.05) is 6.61 Å². The third kappa shape index (κ3) is 4.47. The summed E-state index contributed by atoms with van der Waals surface area (Å²) < 4.78 is 5.63. The Morgan fingerprint density at radius 2 is 1.82 bits per heavy atom. The van der Waals surface area contributed by atoms with Crippen LogP contribution in [0.15, 0.2) is 18.2 Å². The number of halogens is 2. The number of benzene rings is 1. The zero-order valence-corrected chi connectivity index (χ0v) is 11.8. The molecular formula is C13H19Cl2NO. The Morgan fingerprint density at radius 1 is 1.18 bits per heavy atom. The van der Waals surface area contributed by atoms with Crippen molar-refractivity contribution in [3.8, 4) is 0 Å². The van der Waals surface area contributed by atoms with Crippen LogP contribution in [0, 0.1) is 0 Å². The van der Waals surface area contributed by atoms with Gasteiger partial charge in [-0.2, -0.15) is 0 Å². The third-order valence-electron chi connectivity index (χ3n) is 3.05. The van der Waals surface area contributed by atoms with Crippen LogP contribution in [0.3, 0.4) is 0 Å². The second-order valence-corrected chi connectivity index (χ2v) is 5.13. The molecule has 0 fully saturated rings.